The first-order valence-corrected chi connectivity index (χ1v) is 14.4. The highest BCUT2D eigenvalue weighted by Crippen LogP contribution is 2.47. The normalized spacial score (nSPS) is 22.9. The van der Waals surface area contributed by atoms with Crippen LogP contribution in [0.2, 0.25) is 10.0 Å². The number of likely N-dealkylation sites (tertiary alicyclic amines) is 2. The minimum absolute atomic E-state index is 0.00762. The van der Waals surface area contributed by atoms with Crippen LogP contribution in [0.3, 0.4) is 0 Å². The SMILES string of the molecule is CN(C[C@@H]1CN(C(=O)C2CCN(C(=O)C3(C)CC3)CC2)C[C@H]1c1ccc(Cl)c(Cl)c1)c1ccc(C(F)(F)F)cn1. The van der Waals surface area contributed by atoms with E-state index < -0.39 is 11.7 Å². The fraction of sp³-hybridized carbons (Fsp3) is 0.552. The molecule has 3 heterocycles. The summed E-state index contributed by atoms with van der Waals surface area (Å²) in [5.74, 6) is 0.538. The summed E-state index contributed by atoms with van der Waals surface area (Å²) in [5.41, 5.74) is -0.0448. The van der Waals surface area contributed by atoms with Gasteiger partial charge in [-0.05, 0) is 55.5 Å². The molecule has 0 spiro atoms. The number of hydrogen-bond acceptors (Lipinski definition) is 4. The molecule has 2 aromatic rings. The van der Waals surface area contributed by atoms with Gasteiger partial charge in [0.05, 0.1) is 15.6 Å². The molecule has 0 N–H and O–H groups in total. The molecule has 11 heteroatoms. The third kappa shape index (κ3) is 6.05. The van der Waals surface area contributed by atoms with Crippen molar-refractivity contribution in [2.45, 2.75) is 44.7 Å². The Morgan fingerprint density at radius 3 is 2.33 bits per heavy atom. The van der Waals surface area contributed by atoms with Gasteiger partial charge in [0, 0.05) is 69.1 Å². The zero-order valence-electron chi connectivity index (χ0n) is 22.6. The molecule has 6 nitrogen and oxygen atoms in total. The van der Waals surface area contributed by atoms with E-state index in [0.29, 0.717) is 61.4 Å². The Hall–Kier alpha value is -2.52. The Morgan fingerprint density at radius 2 is 1.75 bits per heavy atom. The highest BCUT2D eigenvalue weighted by Gasteiger charge is 2.48. The number of hydrogen-bond donors (Lipinski definition) is 0. The molecule has 0 unspecified atom stereocenters. The maximum Gasteiger partial charge on any atom is 0.417 e. The van der Waals surface area contributed by atoms with Gasteiger partial charge in [0.1, 0.15) is 5.82 Å². The summed E-state index contributed by atoms with van der Waals surface area (Å²) in [6, 6.07) is 7.88. The Morgan fingerprint density at radius 1 is 1.05 bits per heavy atom. The van der Waals surface area contributed by atoms with E-state index >= 15 is 0 Å². The van der Waals surface area contributed by atoms with E-state index in [1.807, 2.05) is 33.8 Å². The third-order valence-electron chi connectivity index (χ3n) is 8.75. The Kier molecular flexibility index (Phi) is 8.00. The van der Waals surface area contributed by atoms with Crippen LogP contribution in [-0.2, 0) is 15.8 Å². The van der Waals surface area contributed by atoms with Gasteiger partial charge in [-0.2, -0.15) is 13.2 Å². The number of piperidine rings is 1. The molecule has 1 aliphatic carbocycles. The number of benzene rings is 1. The van der Waals surface area contributed by atoms with Crippen molar-refractivity contribution in [1.82, 2.24) is 14.8 Å². The van der Waals surface area contributed by atoms with Gasteiger partial charge in [-0.15, -0.1) is 0 Å². The van der Waals surface area contributed by atoms with Crippen LogP contribution in [0.1, 0.15) is 49.7 Å². The number of amides is 2. The smallest absolute Gasteiger partial charge is 0.359 e. The predicted molar refractivity (Wildman–Crippen MR) is 148 cm³/mol. The predicted octanol–water partition coefficient (Wildman–Crippen LogP) is 6.12. The van der Waals surface area contributed by atoms with Gasteiger partial charge in [-0.25, -0.2) is 4.98 Å². The fourth-order valence-corrected chi connectivity index (χ4v) is 6.26. The van der Waals surface area contributed by atoms with Crippen molar-refractivity contribution in [1.29, 1.82) is 0 Å². The standard InChI is InChI=1S/C29H33Cl2F3N4O2/c1-28(9-10-28)27(40)37-11-7-18(8-12-37)26(39)38-16-20(22(17-38)19-3-5-23(30)24(31)13-19)15-36(2)25-6-4-21(14-35-25)29(32,33)34/h3-6,13-14,18,20,22H,7-12,15-17H2,1-2H3/t20-,22+/m1/s1. The van der Waals surface area contributed by atoms with Crippen LogP contribution in [0.25, 0.3) is 0 Å². The molecule has 0 bridgehead atoms. The van der Waals surface area contributed by atoms with Crippen LogP contribution in [0.5, 0.6) is 0 Å². The van der Waals surface area contributed by atoms with Crippen LogP contribution < -0.4 is 4.90 Å². The highest BCUT2D eigenvalue weighted by molar-refractivity contribution is 6.42. The van der Waals surface area contributed by atoms with E-state index in [0.717, 1.165) is 30.7 Å². The fourth-order valence-electron chi connectivity index (χ4n) is 5.95. The Balaban J connectivity index is 1.29. The zero-order valence-corrected chi connectivity index (χ0v) is 24.1. The van der Waals surface area contributed by atoms with Gasteiger partial charge in [0.2, 0.25) is 11.8 Å². The minimum atomic E-state index is -4.45. The number of nitrogens with zero attached hydrogens (tertiary/aromatic N) is 4. The molecule has 216 valence electrons. The van der Waals surface area contributed by atoms with Crippen LogP contribution >= 0.6 is 23.2 Å². The Bertz CT molecular complexity index is 1260. The van der Waals surface area contributed by atoms with Gasteiger partial charge in [-0.1, -0.05) is 36.2 Å². The minimum Gasteiger partial charge on any atom is -0.359 e. The van der Waals surface area contributed by atoms with Crippen molar-refractivity contribution in [2.75, 3.05) is 44.7 Å². The summed E-state index contributed by atoms with van der Waals surface area (Å²) in [4.78, 5) is 36.1. The van der Waals surface area contributed by atoms with Crippen molar-refractivity contribution in [3.05, 3.63) is 57.7 Å². The van der Waals surface area contributed by atoms with Gasteiger partial charge >= 0.3 is 6.18 Å². The maximum absolute atomic E-state index is 13.7. The highest BCUT2D eigenvalue weighted by atomic mass is 35.5. The summed E-state index contributed by atoms with van der Waals surface area (Å²) in [7, 11) is 1.79. The molecule has 1 aromatic carbocycles. The van der Waals surface area contributed by atoms with Gasteiger partial charge < -0.3 is 14.7 Å². The lowest BCUT2D eigenvalue weighted by Gasteiger charge is -2.34. The quantitative estimate of drug-likeness (QED) is 0.403. The first-order chi connectivity index (χ1) is 18.9. The summed E-state index contributed by atoms with van der Waals surface area (Å²) in [5, 5.41) is 0.877. The molecular weight excluding hydrogens is 564 g/mol. The monoisotopic (exact) mass is 596 g/mol. The third-order valence-corrected chi connectivity index (χ3v) is 9.49. The molecule has 1 saturated carbocycles. The number of aromatic nitrogens is 1. The van der Waals surface area contributed by atoms with E-state index in [-0.39, 0.29) is 35.0 Å². The van der Waals surface area contributed by atoms with Gasteiger partial charge in [0.15, 0.2) is 0 Å². The number of rotatable bonds is 6. The van der Waals surface area contributed by atoms with Crippen molar-refractivity contribution >= 4 is 40.8 Å². The molecule has 2 aliphatic heterocycles. The maximum atomic E-state index is 13.7. The summed E-state index contributed by atoms with van der Waals surface area (Å²) < 4.78 is 39.0. The summed E-state index contributed by atoms with van der Waals surface area (Å²) >= 11 is 12.5. The molecule has 1 aromatic heterocycles. The number of alkyl halides is 3. The van der Waals surface area contributed by atoms with E-state index in [4.69, 9.17) is 23.2 Å². The first-order valence-electron chi connectivity index (χ1n) is 13.6. The average molecular weight is 598 g/mol. The van der Waals surface area contributed by atoms with E-state index in [2.05, 4.69) is 4.98 Å². The first kappa shape index (κ1) is 29.0. The summed E-state index contributed by atoms with van der Waals surface area (Å²) in [6.45, 7) is 4.70. The largest absolute Gasteiger partial charge is 0.417 e. The number of pyridine rings is 1. The lowest BCUT2D eigenvalue weighted by Crippen LogP contribution is -2.46. The number of carbonyl (C=O) groups excluding carboxylic acids is 2. The van der Waals surface area contributed by atoms with E-state index in [1.165, 1.54) is 6.07 Å². The molecular formula is C29H33Cl2F3N4O2. The topological polar surface area (TPSA) is 56.8 Å². The van der Waals surface area contributed by atoms with Crippen LogP contribution in [-0.4, -0.2) is 66.4 Å². The summed E-state index contributed by atoms with van der Waals surface area (Å²) in [6.07, 6.45) is -0.440. The lowest BCUT2D eigenvalue weighted by atomic mass is 9.88. The molecule has 3 aliphatic rings. The van der Waals surface area contributed by atoms with Crippen LogP contribution in [0.4, 0.5) is 19.0 Å². The number of anilines is 1. The zero-order chi connectivity index (χ0) is 28.8. The molecule has 5 rings (SSSR count). The molecule has 40 heavy (non-hydrogen) atoms. The van der Waals surface area contributed by atoms with Crippen molar-refractivity contribution in [3.8, 4) is 0 Å². The second kappa shape index (κ2) is 11.0. The lowest BCUT2D eigenvalue weighted by molar-refractivity contribution is -0.142. The second-order valence-electron chi connectivity index (χ2n) is 11.7. The van der Waals surface area contributed by atoms with Gasteiger partial charge in [0.25, 0.3) is 0 Å². The van der Waals surface area contributed by atoms with Crippen LogP contribution in [0.15, 0.2) is 36.5 Å². The number of halogens is 5. The molecule has 0 radical (unpaired) electrons. The van der Waals surface area contributed by atoms with Gasteiger partial charge in [-0.3, -0.25) is 9.59 Å². The molecule has 2 atom stereocenters. The van der Waals surface area contributed by atoms with Crippen molar-refractivity contribution in [2.24, 2.45) is 17.3 Å². The Labute approximate surface area is 242 Å². The second-order valence-corrected chi connectivity index (χ2v) is 12.5. The average Bonchev–Trinajstić information content (AvgIpc) is 3.55. The van der Waals surface area contributed by atoms with Crippen molar-refractivity contribution < 1.29 is 22.8 Å². The number of carbonyl (C=O) groups is 2. The van der Waals surface area contributed by atoms with E-state index in [1.54, 1.807) is 13.1 Å². The van der Waals surface area contributed by atoms with Crippen LogP contribution in [0, 0.1) is 17.3 Å². The van der Waals surface area contributed by atoms with Crippen molar-refractivity contribution in [3.63, 3.8) is 0 Å². The van der Waals surface area contributed by atoms with E-state index in [9.17, 15) is 22.8 Å². The molecule has 2 amide bonds. The molecule has 3 fully saturated rings. The molecule has 2 saturated heterocycles.